The molecule has 2 heterocycles. The van der Waals surface area contributed by atoms with E-state index in [1.165, 1.54) is 16.9 Å². The molecular weight excluding hydrogens is 346 g/mol. The summed E-state index contributed by atoms with van der Waals surface area (Å²) in [5.41, 5.74) is 4.34. The molecule has 0 bridgehead atoms. The Balaban J connectivity index is 1.56. The predicted molar refractivity (Wildman–Crippen MR) is 102 cm³/mol. The highest BCUT2D eigenvalue weighted by Gasteiger charge is 2.15. The zero-order valence-corrected chi connectivity index (χ0v) is 14.8. The highest BCUT2D eigenvalue weighted by atomic mass is 32.1. The Bertz CT molecular complexity index is 1020. The molecule has 5 nitrogen and oxygen atoms in total. The molecule has 0 spiro atoms. The molecule has 3 aromatic rings. The molecule has 0 amide bonds. The van der Waals surface area contributed by atoms with Crippen LogP contribution in [0.2, 0.25) is 0 Å². The zero-order chi connectivity index (χ0) is 17.9. The summed E-state index contributed by atoms with van der Waals surface area (Å²) in [6.07, 6.45) is 1.69. The summed E-state index contributed by atoms with van der Waals surface area (Å²) < 4.78 is 10.7. The van der Waals surface area contributed by atoms with Crippen molar-refractivity contribution in [1.29, 1.82) is 5.26 Å². The number of nitrogens with zero attached hydrogens (tertiary/aromatic N) is 2. The van der Waals surface area contributed by atoms with Gasteiger partial charge in [-0.2, -0.15) is 5.26 Å². The number of hydrogen-bond donors (Lipinski definition) is 1. The van der Waals surface area contributed by atoms with E-state index in [4.69, 9.17) is 9.47 Å². The number of aromatic nitrogens is 1. The number of rotatable bonds is 4. The molecule has 0 saturated heterocycles. The van der Waals surface area contributed by atoms with Crippen LogP contribution in [0.15, 0.2) is 54.0 Å². The summed E-state index contributed by atoms with van der Waals surface area (Å²) in [5, 5.41) is 15.2. The highest BCUT2D eigenvalue weighted by molar-refractivity contribution is 7.11. The van der Waals surface area contributed by atoms with Gasteiger partial charge in [-0.15, -0.1) is 11.3 Å². The number of anilines is 1. The van der Waals surface area contributed by atoms with E-state index in [-0.39, 0.29) is 6.79 Å². The van der Waals surface area contributed by atoms with Crippen LogP contribution in [0.25, 0.3) is 16.8 Å². The van der Waals surface area contributed by atoms with Crippen LogP contribution in [-0.4, -0.2) is 11.8 Å². The first-order valence-electron chi connectivity index (χ1n) is 8.02. The number of thiazole rings is 1. The van der Waals surface area contributed by atoms with Gasteiger partial charge in [-0.1, -0.05) is 17.7 Å². The first kappa shape index (κ1) is 16.2. The third-order valence-corrected chi connectivity index (χ3v) is 4.83. The molecule has 0 atom stereocenters. The van der Waals surface area contributed by atoms with Crippen LogP contribution in [0, 0.1) is 18.3 Å². The smallest absolute Gasteiger partial charge is 0.231 e. The van der Waals surface area contributed by atoms with Gasteiger partial charge in [0.1, 0.15) is 16.6 Å². The second-order valence-electron chi connectivity index (χ2n) is 5.79. The zero-order valence-electron chi connectivity index (χ0n) is 14.0. The fraction of sp³-hybridized carbons (Fsp3) is 0.100. The van der Waals surface area contributed by atoms with Gasteiger partial charge >= 0.3 is 0 Å². The molecule has 128 valence electrons. The molecule has 4 rings (SSSR count). The number of fused-ring (bicyclic) bond motifs is 1. The molecule has 1 aliphatic rings. The maximum atomic E-state index is 9.48. The number of nitrogens with one attached hydrogen (secondary N) is 1. The lowest BCUT2D eigenvalue weighted by molar-refractivity contribution is 0.174. The normalized spacial score (nSPS) is 12.7. The summed E-state index contributed by atoms with van der Waals surface area (Å²) in [4.78, 5) is 4.59. The Morgan fingerprint density at radius 2 is 2.00 bits per heavy atom. The number of benzene rings is 2. The van der Waals surface area contributed by atoms with Crippen LogP contribution in [0.4, 0.5) is 5.69 Å². The van der Waals surface area contributed by atoms with Crippen molar-refractivity contribution in [1.82, 2.24) is 4.98 Å². The fourth-order valence-electron chi connectivity index (χ4n) is 2.53. The number of hydrogen-bond acceptors (Lipinski definition) is 6. The Hall–Kier alpha value is -3.30. The lowest BCUT2D eigenvalue weighted by atomic mass is 10.1. The maximum absolute atomic E-state index is 9.48. The van der Waals surface area contributed by atoms with Crippen LogP contribution in [-0.2, 0) is 0 Å². The quantitative estimate of drug-likeness (QED) is 0.675. The largest absolute Gasteiger partial charge is 0.454 e. The molecule has 2 aromatic carbocycles. The minimum atomic E-state index is 0.243. The molecule has 0 radical (unpaired) electrons. The van der Waals surface area contributed by atoms with E-state index in [9.17, 15) is 5.26 Å². The summed E-state index contributed by atoms with van der Waals surface area (Å²) in [5.74, 6) is 1.46. The summed E-state index contributed by atoms with van der Waals surface area (Å²) in [6, 6.07) is 15.9. The van der Waals surface area contributed by atoms with Crippen molar-refractivity contribution in [2.45, 2.75) is 6.92 Å². The number of aryl methyl sites for hydroxylation is 1. The second kappa shape index (κ2) is 6.90. The topological polar surface area (TPSA) is 67.2 Å². The van der Waals surface area contributed by atoms with Crippen molar-refractivity contribution in [2.75, 3.05) is 12.1 Å². The number of ether oxygens (including phenoxy) is 2. The van der Waals surface area contributed by atoms with Gasteiger partial charge in [-0.3, -0.25) is 0 Å². The Kier molecular flexibility index (Phi) is 4.30. The lowest BCUT2D eigenvalue weighted by Gasteiger charge is -2.02. The molecule has 1 aromatic heterocycles. The van der Waals surface area contributed by atoms with E-state index >= 15 is 0 Å². The molecule has 1 N–H and O–H groups in total. The molecular formula is C20H15N3O2S. The maximum Gasteiger partial charge on any atom is 0.231 e. The Morgan fingerprint density at radius 3 is 2.81 bits per heavy atom. The fourth-order valence-corrected chi connectivity index (χ4v) is 3.33. The predicted octanol–water partition coefficient (Wildman–Crippen LogP) is 4.82. The summed E-state index contributed by atoms with van der Waals surface area (Å²) in [7, 11) is 0. The highest BCUT2D eigenvalue weighted by Crippen LogP contribution is 2.36. The average molecular weight is 361 g/mol. The Labute approximate surface area is 155 Å². The molecule has 26 heavy (non-hydrogen) atoms. The standard InChI is InChI=1S/C20H15N3O2S/c1-13-2-5-16(6-3-13)22-10-15(9-21)20-23-17(11-26-20)14-4-7-18-19(8-14)25-12-24-18/h2-8,10-11,22H,12H2,1H3/b15-10-. The lowest BCUT2D eigenvalue weighted by Crippen LogP contribution is -1.92. The Morgan fingerprint density at radius 1 is 1.19 bits per heavy atom. The van der Waals surface area contributed by atoms with Crippen molar-refractivity contribution in [2.24, 2.45) is 0 Å². The van der Waals surface area contributed by atoms with Gasteiger partial charge in [-0.05, 0) is 37.3 Å². The van der Waals surface area contributed by atoms with Crippen molar-refractivity contribution in [3.63, 3.8) is 0 Å². The van der Waals surface area contributed by atoms with Crippen molar-refractivity contribution < 1.29 is 9.47 Å². The van der Waals surface area contributed by atoms with Gasteiger partial charge in [0.25, 0.3) is 0 Å². The SMILES string of the molecule is Cc1ccc(N/C=C(/C#N)c2nc(-c3ccc4c(c3)OCO4)cs2)cc1. The van der Waals surface area contributed by atoms with Crippen molar-refractivity contribution >= 4 is 22.6 Å². The number of allylic oxidation sites excluding steroid dienone is 1. The molecule has 0 aliphatic carbocycles. The van der Waals surface area contributed by atoms with Crippen LogP contribution in [0.3, 0.4) is 0 Å². The van der Waals surface area contributed by atoms with Crippen LogP contribution < -0.4 is 14.8 Å². The van der Waals surface area contributed by atoms with E-state index in [0.717, 1.165) is 22.7 Å². The van der Waals surface area contributed by atoms with E-state index in [1.807, 2.05) is 54.8 Å². The average Bonchev–Trinajstić information content (AvgIpc) is 3.32. The van der Waals surface area contributed by atoms with Gasteiger partial charge < -0.3 is 14.8 Å². The van der Waals surface area contributed by atoms with Crippen LogP contribution in [0.1, 0.15) is 10.6 Å². The third-order valence-electron chi connectivity index (χ3n) is 3.96. The number of nitriles is 1. The van der Waals surface area contributed by atoms with Gasteiger partial charge in [0.2, 0.25) is 6.79 Å². The van der Waals surface area contributed by atoms with Gasteiger partial charge in [0.15, 0.2) is 11.5 Å². The summed E-state index contributed by atoms with van der Waals surface area (Å²) >= 11 is 1.43. The molecule has 1 aliphatic heterocycles. The van der Waals surface area contributed by atoms with Crippen molar-refractivity contribution in [3.05, 3.63) is 64.6 Å². The third kappa shape index (κ3) is 3.25. The minimum Gasteiger partial charge on any atom is -0.454 e. The van der Waals surface area contributed by atoms with Gasteiger partial charge in [-0.25, -0.2) is 4.98 Å². The first-order valence-corrected chi connectivity index (χ1v) is 8.90. The van der Waals surface area contributed by atoms with Gasteiger partial charge in [0.05, 0.1) is 5.69 Å². The second-order valence-corrected chi connectivity index (χ2v) is 6.64. The monoisotopic (exact) mass is 361 g/mol. The van der Waals surface area contributed by atoms with E-state index in [1.54, 1.807) is 6.20 Å². The van der Waals surface area contributed by atoms with Crippen LogP contribution >= 0.6 is 11.3 Å². The minimum absolute atomic E-state index is 0.243. The molecule has 0 unspecified atom stereocenters. The first-order chi connectivity index (χ1) is 12.7. The van der Waals surface area contributed by atoms with E-state index in [2.05, 4.69) is 16.4 Å². The van der Waals surface area contributed by atoms with Crippen molar-refractivity contribution in [3.8, 4) is 28.8 Å². The van der Waals surface area contributed by atoms with E-state index < -0.39 is 0 Å². The van der Waals surface area contributed by atoms with Crippen LogP contribution in [0.5, 0.6) is 11.5 Å². The molecule has 0 fully saturated rings. The molecule has 6 heteroatoms. The molecule has 0 saturated carbocycles. The van der Waals surface area contributed by atoms with E-state index in [0.29, 0.717) is 16.3 Å². The summed E-state index contributed by atoms with van der Waals surface area (Å²) in [6.45, 7) is 2.28. The van der Waals surface area contributed by atoms with Gasteiger partial charge in [0, 0.05) is 22.8 Å².